The van der Waals surface area contributed by atoms with Gasteiger partial charge in [0.25, 0.3) is 0 Å². The Labute approximate surface area is 168 Å². The molecule has 0 aliphatic carbocycles. The first-order chi connectivity index (χ1) is 12.8. The van der Waals surface area contributed by atoms with Gasteiger partial charge in [0.05, 0.1) is 11.6 Å². The van der Waals surface area contributed by atoms with Gasteiger partial charge in [0.2, 0.25) is 0 Å². The molecule has 1 aliphatic heterocycles. The zero-order valence-corrected chi connectivity index (χ0v) is 18.2. The molecule has 0 amide bonds. The highest BCUT2D eigenvalue weighted by molar-refractivity contribution is 7.09. The highest BCUT2D eigenvalue weighted by Gasteiger charge is 2.43. The molecule has 1 atom stereocenters. The second-order valence-electron chi connectivity index (χ2n) is 8.44. The van der Waals surface area contributed by atoms with Crippen molar-refractivity contribution in [2.75, 3.05) is 26.3 Å². The van der Waals surface area contributed by atoms with E-state index in [1.807, 2.05) is 13.1 Å². The normalized spacial score (nSPS) is 21.1. The van der Waals surface area contributed by atoms with E-state index in [4.69, 9.17) is 4.74 Å². The van der Waals surface area contributed by atoms with Crippen LogP contribution in [0.3, 0.4) is 0 Å². The van der Waals surface area contributed by atoms with Gasteiger partial charge < -0.3 is 4.74 Å². The van der Waals surface area contributed by atoms with Crippen molar-refractivity contribution < 1.29 is 4.74 Å². The molecule has 5 heteroatoms. The molecule has 2 aromatic rings. The first kappa shape index (κ1) is 20.4. The van der Waals surface area contributed by atoms with Gasteiger partial charge in [-0.05, 0) is 72.1 Å². The standard InChI is InChI=1S/C22H33N3OS/c1-6-26-16-22(10-9-20-24-18(3)14-27-20)11-12-25(15-22)21(4,5)19-8-7-17(2)23-13-19/h7-8,13-14H,6,9-12,15-16H2,1-5H3/t22-/m1/s1. The van der Waals surface area contributed by atoms with Crippen LogP contribution in [0.1, 0.15) is 55.6 Å². The second-order valence-corrected chi connectivity index (χ2v) is 9.38. The zero-order valence-electron chi connectivity index (χ0n) is 17.4. The van der Waals surface area contributed by atoms with E-state index in [1.165, 1.54) is 17.0 Å². The summed E-state index contributed by atoms with van der Waals surface area (Å²) in [4.78, 5) is 11.8. The molecule has 4 nitrogen and oxygen atoms in total. The molecule has 1 fully saturated rings. The third kappa shape index (κ3) is 4.76. The van der Waals surface area contributed by atoms with Gasteiger partial charge in [0.15, 0.2) is 0 Å². The van der Waals surface area contributed by atoms with Crippen molar-refractivity contribution in [3.05, 3.63) is 45.7 Å². The summed E-state index contributed by atoms with van der Waals surface area (Å²) in [6, 6.07) is 4.34. The van der Waals surface area contributed by atoms with Gasteiger partial charge in [-0.15, -0.1) is 11.3 Å². The molecular weight excluding hydrogens is 354 g/mol. The highest BCUT2D eigenvalue weighted by atomic mass is 32.1. The first-order valence-electron chi connectivity index (χ1n) is 10.0. The van der Waals surface area contributed by atoms with Crippen molar-refractivity contribution in [1.82, 2.24) is 14.9 Å². The minimum atomic E-state index is -0.0214. The molecule has 27 heavy (non-hydrogen) atoms. The predicted octanol–water partition coefficient (Wildman–Crippen LogP) is 4.75. The summed E-state index contributed by atoms with van der Waals surface area (Å²) < 4.78 is 5.94. The number of thiazole rings is 1. The lowest BCUT2D eigenvalue weighted by atomic mass is 9.83. The fourth-order valence-corrected chi connectivity index (χ4v) is 4.80. The Morgan fingerprint density at radius 3 is 2.70 bits per heavy atom. The molecule has 2 aromatic heterocycles. The molecule has 3 heterocycles. The number of aromatic nitrogens is 2. The fourth-order valence-electron chi connectivity index (χ4n) is 4.03. The van der Waals surface area contributed by atoms with Crippen molar-refractivity contribution in [3.8, 4) is 0 Å². The SMILES string of the molecule is CCOC[C@]1(CCc2nc(C)cs2)CCN(C(C)(C)c2ccc(C)nc2)C1. The molecular formula is C22H33N3OS. The second kappa shape index (κ2) is 8.38. The third-order valence-electron chi connectivity index (χ3n) is 5.99. The average Bonchev–Trinajstić information content (AvgIpc) is 3.26. The summed E-state index contributed by atoms with van der Waals surface area (Å²) in [7, 11) is 0. The van der Waals surface area contributed by atoms with E-state index >= 15 is 0 Å². The summed E-state index contributed by atoms with van der Waals surface area (Å²) in [5.74, 6) is 0. The first-order valence-corrected chi connectivity index (χ1v) is 10.9. The van der Waals surface area contributed by atoms with Crippen molar-refractivity contribution in [2.24, 2.45) is 5.41 Å². The van der Waals surface area contributed by atoms with Crippen LogP contribution in [0.15, 0.2) is 23.7 Å². The van der Waals surface area contributed by atoms with Crippen molar-refractivity contribution >= 4 is 11.3 Å². The maximum Gasteiger partial charge on any atom is 0.0928 e. The number of ether oxygens (including phenoxy) is 1. The van der Waals surface area contributed by atoms with Gasteiger partial charge in [0, 0.05) is 47.1 Å². The summed E-state index contributed by atoms with van der Waals surface area (Å²) in [6.07, 6.45) is 5.40. The summed E-state index contributed by atoms with van der Waals surface area (Å²) in [5.41, 5.74) is 3.68. The molecule has 3 rings (SSSR count). The minimum Gasteiger partial charge on any atom is -0.381 e. The number of aryl methyl sites for hydroxylation is 3. The Morgan fingerprint density at radius 2 is 2.07 bits per heavy atom. The van der Waals surface area contributed by atoms with Crippen molar-refractivity contribution in [1.29, 1.82) is 0 Å². The van der Waals surface area contributed by atoms with Gasteiger partial charge in [-0.25, -0.2) is 4.98 Å². The van der Waals surface area contributed by atoms with Crippen molar-refractivity contribution in [2.45, 2.75) is 59.4 Å². The smallest absolute Gasteiger partial charge is 0.0928 e. The molecule has 0 spiro atoms. The molecule has 1 aliphatic rings. The van der Waals surface area contributed by atoms with E-state index in [-0.39, 0.29) is 11.0 Å². The van der Waals surface area contributed by atoms with Gasteiger partial charge in [-0.3, -0.25) is 9.88 Å². The molecule has 0 N–H and O–H groups in total. The Bertz CT molecular complexity index is 740. The van der Waals surface area contributed by atoms with E-state index < -0.39 is 0 Å². The molecule has 0 saturated carbocycles. The fraction of sp³-hybridized carbons (Fsp3) is 0.636. The van der Waals surface area contributed by atoms with Gasteiger partial charge in [-0.2, -0.15) is 0 Å². The maximum atomic E-state index is 5.94. The number of likely N-dealkylation sites (tertiary alicyclic amines) is 1. The molecule has 0 radical (unpaired) electrons. The Hall–Kier alpha value is -1.30. The van der Waals surface area contributed by atoms with Crippen LogP contribution >= 0.6 is 11.3 Å². The van der Waals surface area contributed by atoms with Crippen LogP contribution in [0, 0.1) is 19.3 Å². The van der Waals surface area contributed by atoms with Gasteiger partial charge in [0.1, 0.15) is 0 Å². The van der Waals surface area contributed by atoms with Gasteiger partial charge in [-0.1, -0.05) is 6.07 Å². The number of nitrogens with zero attached hydrogens (tertiary/aromatic N) is 3. The molecule has 0 aromatic carbocycles. The molecule has 0 bridgehead atoms. The number of pyridine rings is 1. The monoisotopic (exact) mass is 387 g/mol. The van der Waals surface area contributed by atoms with Crippen LogP contribution < -0.4 is 0 Å². The van der Waals surface area contributed by atoms with E-state index in [0.29, 0.717) is 0 Å². The topological polar surface area (TPSA) is 38.2 Å². The number of hydrogen-bond acceptors (Lipinski definition) is 5. The Morgan fingerprint density at radius 1 is 1.26 bits per heavy atom. The van der Waals surface area contributed by atoms with E-state index in [2.05, 4.69) is 60.1 Å². The number of hydrogen-bond donors (Lipinski definition) is 0. The van der Waals surface area contributed by atoms with E-state index in [1.54, 1.807) is 11.3 Å². The van der Waals surface area contributed by atoms with Crippen LogP contribution in [0.4, 0.5) is 0 Å². The zero-order chi connectivity index (χ0) is 19.5. The van der Waals surface area contributed by atoms with Crippen molar-refractivity contribution in [3.63, 3.8) is 0 Å². The lowest BCUT2D eigenvalue weighted by Crippen LogP contribution is -2.42. The molecule has 148 valence electrons. The van der Waals surface area contributed by atoms with E-state index in [0.717, 1.165) is 50.5 Å². The lowest BCUT2D eigenvalue weighted by molar-refractivity contribution is 0.0384. The Balaban J connectivity index is 1.73. The summed E-state index contributed by atoms with van der Waals surface area (Å²) in [5, 5.41) is 3.41. The van der Waals surface area contributed by atoms with Crippen LogP contribution in [0.25, 0.3) is 0 Å². The maximum absolute atomic E-state index is 5.94. The van der Waals surface area contributed by atoms with Crippen LogP contribution in [0.2, 0.25) is 0 Å². The lowest BCUT2D eigenvalue weighted by Gasteiger charge is -2.38. The summed E-state index contributed by atoms with van der Waals surface area (Å²) in [6.45, 7) is 14.6. The predicted molar refractivity (Wildman–Crippen MR) is 112 cm³/mol. The highest BCUT2D eigenvalue weighted by Crippen LogP contribution is 2.41. The quantitative estimate of drug-likeness (QED) is 0.655. The molecule has 0 unspecified atom stereocenters. The van der Waals surface area contributed by atoms with Gasteiger partial charge >= 0.3 is 0 Å². The number of rotatable bonds is 8. The van der Waals surface area contributed by atoms with Crippen LogP contribution in [-0.2, 0) is 16.7 Å². The van der Waals surface area contributed by atoms with Crippen LogP contribution in [-0.4, -0.2) is 41.2 Å². The molecule has 1 saturated heterocycles. The Kier molecular flexibility index (Phi) is 6.34. The average molecular weight is 388 g/mol. The largest absolute Gasteiger partial charge is 0.381 e. The summed E-state index contributed by atoms with van der Waals surface area (Å²) >= 11 is 1.79. The van der Waals surface area contributed by atoms with E-state index in [9.17, 15) is 0 Å². The third-order valence-corrected chi connectivity index (χ3v) is 7.02. The van der Waals surface area contributed by atoms with Crippen LogP contribution in [0.5, 0.6) is 0 Å². The minimum absolute atomic E-state index is 0.0214.